The summed E-state index contributed by atoms with van der Waals surface area (Å²) in [5, 5.41) is 3.61. The molecule has 0 bridgehead atoms. The maximum absolute atomic E-state index is 12.0. The van der Waals surface area contributed by atoms with E-state index in [0.29, 0.717) is 22.6 Å². The summed E-state index contributed by atoms with van der Waals surface area (Å²) in [4.78, 5) is 0.197. The normalized spacial score (nSPS) is 11.1. The predicted molar refractivity (Wildman–Crippen MR) is 84.7 cm³/mol. The van der Waals surface area contributed by atoms with Crippen molar-refractivity contribution in [1.82, 2.24) is 10.0 Å². The second-order valence-electron chi connectivity index (χ2n) is 3.72. The van der Waals surface area contributed by atoms with Crippen LogP contribution in [0.4, 0.5) is 0 Å². The molecule has 110 valence electrons. The number of hydrogen-bond donors (Lipinski definition) is 2. The lowest BCUT2D eigenvalue weighted by Gasteiger charge is -2.09. The second-order valence-corrected chi connectivity index (χ2v) is 6.75. The monoisotopic (exact) mass is 390 g/mol. The number of hydrogen-bond acceptors (Lipinski definition) is 3. The van der Waals surface area contributed by atoms with Gasteiger partial charge >= 0.3 is 0 Å². The van der Waals surface area contributed by atoms with E-state index in [0.717, 1.165) is 13.0 Å². The Balaban J connectivity index is 0.00000324. The minimum Gasteiger partial charge on any atom is -0.315 e. The molecule has 0 aliphatic carbocycles. The lowest BCUT2D eigenvalue weighted by molar-refractivity contribution is 0.575. The Bertz CT molecular complexity index is 497. The van der Waals surface area contributed by atoms with Crippen molar-refractivity contribution in [3.8, 4) is 0 Å². The van der Waals surface area contributed by atoms with Gasteiger partial charge in [0.2, 0.25) is 10.0 Å². The lowest BCUT2D eigenvalue weighted by Crippen LogP contribution is -2.32. The van der Waals surface area contributed by atoms with Crippen LogP contribution in [0.25, 0.3) is 0 Å². The van der Waals surface area contributed by atoms with Crippen LogP contribution in [-0.2, 0) is 10.0 Å². The first-order valence-corrected chi connectivity index (χ1v) is 8.28. The molecule has 0 aliphatic rings. The minimum atomic E-state index is -3.49. The summed E-state index contributed by atoms with van der Waals surface area (Å²) in [7, 11) is -3.49. The number of nitrogens with one attached hydrogen (secondary N) is 2. The summed E-state index contributed by atoms with van der Waals surface area (Å²) in [6, 6.07) is 4.59. The van der Waals surface area contributed by atoms with Crippen molar-refractivity contribution in [3.05, 3.63) is 27.7 Å². The molecule has 2 N–H and O–H groups in total. The van der Waals surface area contributed by atoms with Crippen molar-refractivity contribution in [2.24, 2.45) is 0 Å². The molecule has 8 heteroatoms. The average Bonchev–Trinajstić information content (AvgIpc) is 2.28. The largest absolute Gasteiger partial charge is 0.315 e. The van der Waals surface area contributed by atoms with Gasteiger partial charge in [-0.3, -0.25) is 0 Å². The summed E-state index contributed by atoms with van der Waals surface area (Å²) < 4.78 is 27.0. The van der Waals surface area contributed by atoms with Crippen LogP contribution in [0.15, 0.2) is 27.6 Å². The first-order valence-electron chi connectivity index (χ1n) is 5.63. The van der Waals surface area contributed by atoms with Crippen molar-refractivity contribution in [2.75, 3.05) is 19.6 Å². The van der Waals surface area contributed by atoms with E-state index in [4.69, 9.17) is 11.6 Å². The molecule has 1 rings (SSSR count). The van der Waals surface area contributed by atoms with Crippen LogP contribution >= 0.6 is 39.9 Å². The Kier molecular flexibility index (Phi) is 9.23. The van der Waals surface area contributed by atoms with Crippen molar-refractivity contribution >= 4 is 50.0 Å². The van der Waals surface area contributed by atoms with Crippen LogP contribution in [0.3, 0.4) is 0 Å². The quantitative estimate of drug-likeness (QED) is 0.702. The summed E-state index contributed by atoms with van der Waals surface area (Å²) in [5.74, 6) is 0. The van der Waals surface area contributed by atoms with Gasteiger partial charge in [-0.25, -0.2) is 13.1 Å². The smallest absolute Gasteiger partial charge is 0.241 e. The SMILES string of the molecule is CCCNCCNS(=O)(=O)c1ccc(Cl)cc1Br.Cl. The van der Waals surface area contributed by atoms with E-state index in [1.54, 1.807) is 12.1 Å². The Morgan fingerprint density at radius 1 is 1.26 bits per heavy atom. The zero-order valence-electron chi connectivity index (χ0n) is 10.4. The van der Waals surface area contributed by atoms with Gasteiger partial charge in [0.1, 0.15) is 0 Å². The third-order valence-corrected chi connectivity index (χ3v) is 4.88. The van der Waals surface area contributed by atoms with Gasteiger partial charge < -0.3 is 5.32 Å². The van der Waals surface area contributed by atoms with E-state index in [1.165, 1.54) is 6.07 Å². The lowest BCUT2D eigenvalue weighted by atomic mass is 10.4. The first-order chi connectivity index (χ1) is 8.47. The standard InChI is InChI=1S/C11H16BrClN2O2S.ClH/c1-2-5-14-6-7-15-18(16,17)11-4-3-9(13)8-10(11)12;/h3-4,8,14-15H,2,5-7H2,1H3;1H. The molecular formula is C11H17BrCl2N2O2S. The molecule has 0 fully saturated rings. The van der Waals surface area contributed by atoms with Crippen LogP contribution in [-0.4, -0.2) is 28.1 Å². The molecule has 1 aromatic carbocycles. The van der Waals surface area contributed by atoms with Gasteiger partial charge in [-0.05, 0) is 47.1 Å². The summed E-state index contributed by atoms with van der Waals surface area (Å²) >= 11 is 8.97. The van der Waals surface area contributed by atoms with Gasteiger partial charge in [0.25, 0.3) is 0 Å². The molecule has 0 unspecified atom stereocenters. The van der Waals surface area contributed by atoms with Crippen LogP contribution in [0.2, 0.25) is 5.02 Å². The van der Waals surface area contributed by atoms with E-state index < -0.39 is 10.0 Å². The zero-order chi connectivity index (χ0) is 13.6. The second kappa shape index (κ2) is 9.15. The molecule has 1 aromatic rings. The molecule has 0 heterocycles. The molecule has 0 spiro atoms. The van der Waals surface area contributed by atoms with E-state index in [1.807, 2.05) is 0 Å². The molecule has 19 heavy (non-hydrogen) atoms. The number of halogens is 3. The molecule has 0 aromatic heterocycles. The molecule has 0 atom stereocenters. The summed E-state index contributed by atoms with van der Waals surface area (Å²) in [5.41, 5.74) is 0. The molecule has 0 saturated heterocycles. The highest BCUT2D eigenvalue weighted by molar-refractivity contribution is 9.10. The van der Waals surface area contributed by atoms with Crippen molar-refractivity contribution in [3.63, 3.8) is 0 Å². The number of rotatable bonds is 7. The first kappa shape index (κ1) is 19.1. The zero-order valence-corrected chi connectivity index (χ0v) is 14.4. The van der Waals surface area contributed by atoms with E-state index in [-0.39, 0.29) is 17.3 Å². The van der Waals surface area contributed by atoms with Gasteiger partial charge in [0.05, 0.1) is 4.90 Å². The Morgan fingerprint density at radius 2 is 1.95 bits per heavy atom. The van der Waals surface area contributed by atoms with Crippen LogP contribution in [0.5, 0.6) is 0 Å². The van der Waals surface area contributed by atoms with Crippen molar-refractivity contribution in [2.45, 2.75) is 18.2 Å². The van der Waals surface area contributed by atoms with Gasteiger partial charge in [0, 0.05) is 22.6 Å². The number of sulfonamides is 1. The molecule has 0 amide bonds. The Morgan fingerprint density at radius 3 is 2.53 bits per heavy atom. The van der Waals surface area contributed by atoms with E-state index >= 15 is 0 Å². The van der Waals surface area contributed by atoms with Crippen molar-refractivity contribution < 1.29 is 8.42 Å². The van der Waals surface area contributed by atoms with Gasteiger partial charge in [-0.2, -0.15) is 0 Å². The Labute approximate surface area is 133 Å². The molecular weight excluding hydrogens is 375 g/mol. The fourth-order valence-electron chi connectivity index (χ4n) is 1.35. The third kappa shape index (κ3) is 6.42. The van der Waals surface area contributed by atoms with Gasteiger partial charge in [-0.1, -0.05) is 18.5 Å². The third-order valence-electron chi connectivity index (χ3n) is 2.20. The van der Waals surface area contributed by atoms with Crippen LogP contribution in [0.1, 0.15) is 13.3 Å². The predicted octanol–water partition coefficient (Wildman–Crippen LogP) is 2.80. The summed E-state index contributed by atoms with van der Waals surface area (Å²) in [6.07, 6.45) is 1.02. The fraction of sp³-hybridized carbons (Fsp3) is 0.455. The summed E-state index contributed by atoms with van der Waals surface area (Å²) in [6.45, 7) is 3.91. The fourth-order valence-corrected chi connectivity index (χ4v) is 3.76. The Hall–Kier alpha value is 0.150. The highest BCUT2D eigenvalue weighted by Crippen LogP contribution is 2.25. The van der Waals surface area contributed by atoms with Gasteiger partial charge in [-0.15, -0.1) is 12.4 Å². The maximum atomic E-state index is 12.0. The molecule has 0 saturated carbocycles. The highest BCUT2D eigenvalue weighted by atomic mass is 79.9. The van der Waals surface area contributed by atoms with Gasteiger partial charge in [0.15, 0.2) is 0 Å². The molecule has 0 radical (unpaired) electrons. The van der Waals surface area contributed by atoms with Crippen LogP contribution < -0.4 is 10.0 Å². The average molecular weight is 392 g/mol. The van der Waals surface area contributed by atoms with E-state index in [2.05, 4.69) is 32.9 Å². The molecule has 0 aliphatic heterocycles. The van der Waals surface area contributed by atoms with Crippen molar-refractivity contribution in [1.29, 1.82) is 0 Å². The minimum absolute atomic E-state index is 0. The topological polar surface area (TPSA) is 58.2 Å². The van der Waals surface area contributed by atoms with Crippen LogP contribution in [0, 0.1) is 0 Å². The molecule has 4 nitrogen and oxygen atoms in total. The maximum Gasteiger partial charge on any atom is 0.241 e. The number of benzene rings is 1. The highest BCUT2D eigenvalue weighted by Gasteiger charge is 2.16. The van der Waals surface area contributed by atoms with E-state index in [9.17, 15) is 8.42 Å².